The van der Waals surface area contributed by atoms with E-state index in [-0.39, 0.29) is 0 Å². The Morgan fingerprint density at radius 1 is 0.852 bits per heavy atom. The molecule has 0 radical (unpaired) electrons. The monoisotopic (exact) mass is 364 g/mol. The van der Waals surface area contributed by atoms with Gasteiger partial charge in [0.1, 0.15) is 30.5 Å². The third-order valence-corrected chi connectivity index (χ3v) is 4.00. The molecule has 0 aliphatic heterocycles. The lowest BCUT2D eigenvalue weighted by molar-refractivity contribution is 0.294. The highest BCUT2D eigenvalue weighted by Crippen LogP contribution is 2.19. The summed E-state index contributed by atoms with van der Waals surface area (Å²) in [6, 6.07) is 21.4. The van der Waals surface area contributed by atoms with Gasteiger partial charge in [0, 0.05) is 24.8 Å². The second kappa shape index (κ2) is 10.2. The standard InChI is InChI=1S/C22H24N2O3/c1-25-20-9-11-21(12-10-20)26-15-14-23-16-18-6-2-3-8-22(18)27-17-19-7-4-5-13-24-19/h2-13,23H,14-17H2,1H3. The number of benzene rings is 2. The molecule has 1 N–H and O–H groups in total. The quantitative estimate of drug-likeness (QED) is 0.554. The molecule has 0 atom stereocenters. The van der Waals surface area contributed by atoms with E-state index in [4.69, 9.17) is 14.2 Å². The minimum absolute atomic E-state index is 0.457. The second-order valence-corrected chi connectivity index (χ2v) is 5.92. The Kier molecular flexibility index (Phi) is 7.07. The zero-order chi connectivity index (χ0) is 18.7. The normalized spacial score (nSPS) is 10.4. The molecule has 0 aliphatic rings. The minimum atomic E-state index is 0.457. The summed E-state index contributed by atoms with van der Waals surface area (Å²) in [5.41, 5.74) is 2.02. The minimum Gasteiger partial charge on any atom is -0.497 e. The molecule has 1 aromatic heterocycles. The summed E-state index contributed by atoms with van der Waals surface area (Å²) in [5, 5.41) is 3.39. The van der Waals surface area contributed by atoms with E-state index in [1.807, 2.05) is 60.7 Å². The summed E-state index contributed by atoms with van der Waals surface area (Å²) >= 11 is 0. The molecule has 0 unspecified atom stereocenters. The summed E-state index contributed by atoms with van der Waals surface area (Å²) < 4.78 is 16.8. The summed E-state index contributed by atoms with van der Waals surface area (Å²) in [7, 11) is 1.65. The maximum atomic E-state index is 5.93. The maximum absolute atomic E-state index is 5.93. The van der Waals surface area contributed by atoms with Crippen molar-refractivity contribution in [2.45, 2.75) is 13.2 Å². The van der Waals surface area contributed by atoms with Gasteiger partial charge in [-0.1, -0.05) is 24.3 Å². The van der Waals surface area contributed by atoms with E-state index in [1.165, 1.54) is 0 Å². The van der Waals surface area contributed by atoms with Crippen molar-refractivity contribution in [1.82, 2.24) is 10.3 Å². The fourth-order valence-corrected chi connectivity index (χ4v) is 2.56. The van der Waals surface area contributed by atoms with Crippen molar-refractivity contribution in [1.29, 1.82) is 0 Å². The predicted octanol–water partition coefficient (Wildman–Crippen LogP) is 3.84. The Labute approximate surface area is 159 Å². The maximum Gasteiger partial charge on any atom is 0.130 e. The van der Waals surface area contributed by atoms with Gasteiger partial charge in [-0.05, 0) is 42.5 Å². The van der Waals surface area contributed by atoms with Crippen LogP contribution in [0.4, 0.5) is 0 Å². The molecule has 0 aliphatic carbocycles. The van der Waals surface area contributed by atoms with Gasteiger partial charge in [0.25, 0.3) is 0 Å². The molecule has 5 heteroatoms. The van der Waals surface area contributed by atoms with Crippen molar-refractivity contribution < 1.29 is 14.2 Å². The summed E-state index contributed by atoms with van der Waals surface area (Å²) in [6.07, 6.45) is 1.77. The van der Waals surface area contributed by atoms with Crippen LogP contribution >= 0.6 is 0 Å². The summed E-state index contributed by atoms with van der Waals surface area (Å²) in [4.78, 5) is 4.28. The number of hydrogen-bond acceptors (Lipinski definition) is 5. The van der Waals surface area contributed by atoms with Crippen molar-refractivity contribution in [3.8, 4) is 17.2 Å². The number of aromatic nitrogens is 1. The van der Waals surface area contributed by atoms with Crippen LogP contribution in [0.25, 0.3) is 0 Å². The molecule has 0 saturated carbocycles. The molecule has 3 rings (SSSR count). The van der Waals surface area contributed by atoms with Crippen LogP contribution in [0, 0.1) is 0 Å². The molecule has 2 aromatic carbocycles. The number of methoxy groups -OCH3 is 1. The zero-order valence-electron chi connectivity index (χ0n) is 15.4. The van der Waals surface area contributed by atoms with E-state index in [9.17, 15) is 0 Å². The first-order valence-electron chi connectivity index (χ1n) is 8.93. The van der Waals surface area contributed by atoms with E-state index in [0.717, 1.165) is 35.1 Å². The predicted molar refractivity (Wildman–Crippen MR) is 105 cm³/mol. The van der Waals surface area contributed by atoms with Gasteiger partial charge in [-0.25, -0.2) is 0 Å². The Balaban J connectivity index is 1.42. The van der Waals surface area contributed by atoms with Gasteiger partial charge in [0.15, 0.2) is 0 Å². The highest BCUT2D eigenvalue weighted by atomic mass is 16.5. The molecule has 3 aromatic rings. The van der Waals surface area contributed by atoms with E-state index in [1.54, 1.807) is 13.3 Å². The van der Waals surface area contributed by atoms with Crippen molar-refractivity contribution in [3.63, 3.8) is 0 Å². The average Bonchev–Trinajstić information content (AvgIpc) is 2.74. The van der Waals surface area contributed by atoms with Crippen molar-refractivity contribution in [2.24, 2.45) is 0 Å². The molecule has 1 heterocycles. The third-order valence-electron chi connectivity index (χ3n) is 4.00. The molecule has 0 bridgehead atoms. The van der Waals surface area contributed by atoms with Crippen molar-refractivity contribution in [3.05, 3.63) is 84.2 Å². The van der Waals surface area contributed by atoms with Crippen LogP contribution in [-0.4, -0.2) is 25.2 Å². The fraction of sp³-hybridized carbons (Fsp3) is 0.227. The Bertz CT molecular complexity index is 807. The molecular weight excluding hydrogens is 340 g/mol. The first-order valence-corrected chi connectivity index (χ1v) is 8.93. The smallest absolute Gasteiger partial charge is 0.130 e. The lowest BCUT2D eigenvalue weighted by Crippen LogP contribution is -2.21. The van der Waals surface area contributed by atoms with Crippen LogP contribution in [0.15, 0.2) is 72.9 Å². The lowest BCUT2D eigenvalue weighted by atomic mass is 10.2. The summed E-state index contributed by atoms with van der Waals surface area (Å²) in [6.45, 7) is 2.49. The largest absolute Gasteiger partial charge is 0.497 e. The van der Waals surface area contributed by atoms with Crippen LogP contribution in [0.2, 0.25) is 0 Å². The SMILES string of the molecule is COc1ccc(OCCNCc2ccccc2OCc2ccccn2)cc1. The number of hydrogen-bond donors (Lipinski definition) is 1. The first-order chi connectivity index (χ1) is 13.3. The van der Waals surface area contributed by atoms with Gasteiger partial charge in [-0.15, -0.1) is 0 Å². The average molecular weight is 364 g/mol. The van der Waals surface area contributed by atoms with Crippen LogP contribution in [0.3, 0.4) is 0 Å². The van der Waals surface area contributed by atoms with Gasteiger partial charge in [-0.2, -0.15) is 0 Å². The number of pyridine rings is 1. The third kappa shape index (κ3) is 6.01. The van der Waals surface area contributed by atoms with Gasteiger partial charge in [0.2, 0.25) is 0 Å². The lowest BCUT2D eigenvalue weighted by Gasteiger charge is -2.12. The van der Waals surface area contributed by atoms with Crippen LogP contribution in [0.1, 0.15) is 11.3 Å². The molecule has 0 saturated heterocycles. The molecule has 5 nitrogen and oxygen atoms in total. The van der Waals surface area contributed by atoms with Gasteiger partial charge < -0.3 is 19.5 Å². The van der Waals surface area contributed by atoms with Gasteiger partial charge >= 0.3 is 0 Å². The molecular formula is C22H24N2O3. The molecule has 27 heavy (non-hydrogen) atoms. The van der Waals surface area contributed by atoms with Crippen molar-refractivity contribution in [2.75, 3.05) is 20.3 Å². The van der Waals surface area contributed by atoms with E-state index in [2.05, 4.69) is 16.4 Å². The summed E-state index contributed by atoms with van der Waals surface area (Å²) in [5.74, 6) is 2.52. The van der Waals surface area contributed by atoms with Crippen LogP contribution < -0.4 is 19.5 Å². The van der Waals surface area contributed by atoms with E-state index in [0.29, 0.717) is 19.8 Å². The Morgan fingerprint density at radius 3 is 2.41 bits per heavy atom. The Morgan fingerprint density at radius 2 is 1.63 bits per heavy atom. The highest BCUT2D eigenvalue weighted by molar-refractivity contribution is 5.33. The van der Waals surface area contributed by atoms with Crippen LogP contribution in [0.5, 0.6) is 17.2 Å². The van der Waals surface area contributed by atoms with Crippen LogP contribution in [-0.2, 0) is 13.2 Å². The van der Waals surface area contributed by atoms with E-state index < -0.39 is 0 Å². The number of ether oxygens (including phenoxy) is 3. The van der Waals surface area contributed by atoms with Crippen molar-refractivity contribution >= 4 is 0 Å². The van der Waals surface area contributed by atoms with Gasteiger partial charge in [0.05, 0.1) is 12.8 Å². The van der Waals surface area contributed by atoms with E-state index >= 15 is 0 Å². The topological polar surface area (TPSA) is 52.6 Å². The molecule has 0 fully saturated rings. The number of nitrogens with one attached hydrogen (secondary N) is 1. The van der Waals surface area contributed by atoms with Gasteiger partial charge in [-0.3, -0.25) is 4.98 Å². The first kappa shape index (κ1) is 18.7. The molecule has 0 spiro atoms. The number of para-hydroxylation sites is 1. The highest BCUT2D eigenvalue weighted by Gasteiger charge is 2.04. The number of nitrogens with zero attached hydrogens (tertiary/aromatic N) is 1. The second-order valence-electron chi connectivity index (χ2n) is 5.92. The Hall–Kier alpha value is -3.05. The molecule has 0 amide bonds. The molecule has 140 valence electrons. The fourth-order valence-electron chi connectivity index (χ4n) is 2.56. The number of rotatable bonds is 10. The zero-order valence-corrected chi connectivity index (χ0v) is 15.4.